The van der Waals surface area contributed by atoms with Gasteiger partial charge in [0.1, 0.15) is 11.9 Å². The van der Waals surface area contributed by atoms with Crippen LogP contribution in [0.2, 0.25) is 0 Å². The Hall–Kier alpha value is -2.82. The molecule has 0 radical (unpaired) electrons. The smallest absolute Gasteiger partial charge is 0.337 e. The molecule has 1 atom stereocenters. The summed E-state index contributed by atoms with van der Waals surface area (Å²) in [5, 5.41) is 2.91. The van der Waals surface area contributed by atoms with Crippen LogP contribution in [0.3, 0.4) is 0 Å². The number of methoxy groups -OCH3 is 1. The first-order valence-corrected chi connectivity index (χ1v) is 7.80. The molecule has 0 saturated carbocycles. The van der Waals surface area contributed by atoms with Crippen LogP contribution in [0, 0.1) is 6.92 Å². The van der Waals surface area contributed by atoms with Gasteiger partial charge in [-0.3, -0.25) is 4.79 Å². The Morgan fingerprint density at radius 1 is 1.25 bits per heavy atom. The minimum atomic E-state index is -0.367. The Morgan fingerprint density at radius 2 is 2.04 bits per heavy atom. The van der Waals surface area contributed by atoms with E-state index in [-0.39, 0.29) is 18.0 Å². The molecule has 0 fully saturated rings. The van der Waals surface area contributed by atoms with Crippen molar-refractivity contribution in [2.24, 2.45) is 0 Å². The summed E-state index contributed by atoms with van der Waals surface area (Å²) >= 11 is 0. The van der Waals surface area contributed by atoms with Gasteiger partial charge in [-0.15, -0.1) is 0 Å². The highest BCUT2D eigenvalue weighted by Gasteiger charge is 2.24. The Bertz CT molecular complexity index is 785. The molecule has 0 unspecified atom stereocenters. The zero-order valence-corrected chi connectivity index (χ0v) is 13.7. The van der Waals surface area contributed by atoms with Gasteiger partial charge in [0.25, 0.3) is 5.91 Å². The van der Waals surface area contributed by atoms with E-state index in [2.05, 4.69) is 5.32 Å². The summed E-state index contributed by atoms with van der Waals surface area (Å²) in [6.45, 7) is 2.32. The molecule has 5 heteroatoms. The first kappa shape index (κ1) is 16.1. The molecular weight excluding hydrogens is 306 g/mol. The lowest BCUT2D eigenvalue weighted by Crippen LogP contribution is -2.34. The molecule has 124 valence electrons. The number of rotatable bonds is 4. The molecule has 1 heterocycles. The van der Waals surface area contributed by atoms with Crippen LogP contribution >= 0.6 is 0 Å². The Balaban J connectivity index is 1.61. The molecule has 1 N–H and O–H groups in total. The number of hydrogen-bond donors (Lipinski definition) is 1. The third-order valence-corrected chi connectivity index (χ3v) is 4.10. The Kier molecular flexibility index (Phi) is 4.51. The topological polar surface area (TPSA) is 64.6 Å². The number of ether oxygens (including phenoxy) is 2. The number of fused-ring (bicyclic) bond motifs is 1. The Labute approximate surface area is 140 Å². The fourth-order valence-corrected chi connectivity index (χ4v) is 2.81. The molecule has 0 bridgehead atoms. The molecular formula is C19H19NO4. The third kappa shape index (κ3) is 3.25. The molecule has 24 heavy (non-hydrogen) atoms. The maximum Gasteiger partial charge on any atom is 0.337 e. The van der Waals surface area contributed by atoms with E-state index in [0.717, 1.165) is 16.9 Å². The summed E-state index contributed by atoms with van der Waals surface area (Å²) in [5.41, 5.74) is 3.06. The van der Waals surface area contributed by atoms with Crippen LogP contribution in [0.4, 0.5) is 0 Å². The second kappa shape index (κ2) is 6.74. The van der Waals surface area contributed by atoms with Gasteiger partial charge < -0.3 is 14.8 Å². The monoisotopic (exact) mass is 325 g/mol. The van der Waals surface area contributed by atoms with Crippen molar-refractivity contribution in [3.63, 3.8) is 0 Å². The van der Waals surface area contributed by atoms with E-state index in [4.69, 9.17) is 9.47 Å². The van der Waals surface area contributed by atoms with Gasteiger partial charge in [0.05, 0.1) is 19.2 Å². The van der Waals surface area contributed by atoms with E-state index in [0.29, 0.717) is 24.1 Å². The quantitative estimate of drug-likeness (QED) is 0.877. The number of hydrogen-bond acceptors (Lipinski definition) is 4. The second-order valence-corrected chi connectivity index (χ2v) is 5.78. The summed E-state index contributed by atoms with van der Waals surface area (Å²) in [6.07, 6.45) is 0.509. The second-order valence-electron chi connectivity index (χ2n) is 5.78. The van der Waals surface area contributed by atoms with E-state index in [1.165, 1.54) is 7.11 Å². The average molecular weight is 325 g/mol. The summed E-state index contributed by atoms with van der Waals surface area (Å²) in [4.78, 5) is 23.8. The minimum Gasteiger partial charge on any atom is -0.488 e. The maximum absolute atomic E-state index is 12.2. The summed E-state index contributed by atoms with van der Waals surface area (Å²) in [6, 6.07) is 12.7. The molecule has 0 spiro atoms. The largest absolute Gasteiger partial charge is 0.488 e. The number of carbonyl (C=O) groups excluding carboxylic acids is 2. The molecule has 2 aromatic rings. The Morgan fingerprint density at radius 3 is 2.79 bits per heavy atom. The highest BCUT2D eigenvalue weighted by atomic mass is 16.5. The van der Waals surface area contributed by atoms with Crippen molar-refractivity contribution in [1.82, 2.24) is 5.32 Å². The number of amides is 1. The summed E-state index contributed by atoms with van der Waals surface area (Å²) in [5.74, 6) is 0.273. The normalized spacial score (nSPS) is 15.3. The first-order valence-electron chi connectivity index (χ1n) is 7.80. The van der Waals surface area contributed by atoms with E-state index < -0.39 is 0 Å². The zero-order chi connectivity index (χ0) is 17.1. The number of benzene rings is 2. The molecule has 1 aliphatic heterocycles. The van der Waals surface area contributed by atoms with Crippen LogP contribution < -0.4 is 10.1 Å². The molecule has 0 saturated heterocycles. The molecule has 0 aliphatic carbocycles. The SMILES string of the molecule is COC(=O)c1ccc2c(c1)C[C@@H](CNC(=O)c1ccccc1C)O2. The first-order chi connectivity index (χ1) is 11.6. The fraction of sp³-hybridized carbons (Fsp3) is 0.263. The van der Waals surface area contributed by atoms with E-state index in [9.17, 15) is 9.59 Å². The van der Waals surface area contributed by atoms with E-state index >= 15 is 0 Å². The van der Waals surface area contributed by atoms with Crippen molar-refractivity contribution < 1.29 is 19.1 Å². The average Bonchev–Trinajstić information content (AvgIpc) is 3.01. The van der Waals surface area contributed by atoms with Crippen molar-refractivity contribution >= 4 is 11.9 Å². The van der Waals surface area contributed by atoms with Gasteiger partial charge in [0, 0.05) is 12.0 Å². The summed E-state index contributed by atoms with van der Waals surface area (Å²) < 4.78 is 10.6. The van der Waals surface area contributed by atoms with Gasteiger partial charge in [-0.05, 0) is 42.3 Å². The number of nitrogens with one attached hydrogen (secondary N) is 1. The highest BCUT2D eigenvalue weighted by Crippen LogP contribution is 2.29. The van der Waals surface area contributed by atoms with Gasteiger partial charge in [0.15, 0.2) is 0 Å². The molecule has 1 amide bonds. The van der Waals surface area contributed by atoms with Crippen molar-refractivity contribution in [1.29, 1.82) is 0 Å². The van der Waals surface area contributed by atoms with Crippen molar-refractivity contribution in [3.8, 4) is 5.75 Å². The van der Waals surface area contributed by atoms with Crippen LogP contribution in [0.5, 0.6) is 5.75 Å². The highest BCUT2D eigenvalue weighted by molar-refractivity contribution is 5.95. The van der Waals surface area contributed by atoms with E-state index in [1.54, 1.807) is 24.3 Å². The molecule has 2 aromatic carbocycles. The molecule has 3 rings (SSSR count). The molecule has 5 nitrogen and oxygen atoms in total. The number of carbonyl (C=O) groups is 2. The van der Waals surface area contributed by atoms with Crippen LogP contribution in [0.15, 0.2) is 42.5 Å². The van der Waals surface area contributed by atoms with Crippen LogP contribution in [0.1, 0.15) is 31.8 Å². The molecule has 0 aromatic heterocycles. The predicted molar refractivity (Wildman–Crippen MR) is 89.4 cm³/mol. The number of esters is 1. The summed E-state index contributed by atoms with van der Waals surface area (Å²) in [7, 11) is 1.36. The lowest BCUT2D eigenvalue weighted by molar-refractivity contribution is 0.0600. The van der Waals surface area contributed by atoms with Crippen LogP contribution in [-0.4, -0.2) is 31.6 Å². The zero-order valence-electron chi connectivity index (χ0n) is 13.7. The van der Waals surface area contributed by atoms with Crippen LogP contribution in [-0.2, 0) is 11.2 Å². The predicted octanol–water partition coefficient (Wildman–Crippen LogP) is 2.52. The van der Waals surface area contributed by atoms with Gasteiger partial charge >= 0.3 is 5.97 Å². The lowest BCUT2D eigenvalue weighted by atomic mass is 10.1. The van der Waals surface area contributed by atoms with Gasteiger partial charge in [-0.2, -0.15) is 0 Å². The lowest BCUT2D eigenvalue weighted by Gasteiger charge is -2.12. The van der Waals surface area contributed by atoms with Crippen molar-refractivity contribution in [3.05, 3.63) is 64.7 Å². The molecule has 1 aliphatic rings. The van der Waals surface area contributed by atoms with Crippen molar-refractivity contribution in [2.75, 3.05) is 13.7 Å². The fourth-order valence-electron chi connectivity index (χ4n) is 2.81. The maximum atomic E-state index is 12.2. The van der Waals surface area contributed by atoms with E-state index in [1.807, 2.05) is 25.1 Å². The third-order valence-electron chi connectivity index (χ3n) is 4.10. The standard InChI is InChI=1S/C19H19NO4/c1-12-5-3-4-6-16(12)18(21)20-11-15-10-14-9-13(19(22)23-2)7-8-17(14)24-15/h3-9,15H,10-11H2,1-2H3,(H,20,21)/t15-/m0/s1. The van der Waals surface area contributed by atoms with Gasteiger partial charge in [-0.25, -0.2) is 4.79 Å². The number of aryl methyl sites for hydroxylation is 1. The van der Waals surface area contributed by atoms with Gasteiger partial charge in [0.2, 0.25) is 0 Å². The van der Waals surface area contributed by atoms with Crippen molar-refractivity contribution in [2.45, 2.75) is 19.4 Å². The minimum absolute atomic E-state index is 0.108. The van der Waals surface area contributed by atoms with Crippen LogP contribution in [0.25, 0.3) is 0 Å². The van der Waals surface area contributed by atoms with Gasteiger partial charge in [-0.1, -0.05) is 18.2 Å².